The van der Waals surface area contributed by atoms with Crippen molar-refractivity contribution in [1.29, 1.82) is 0 Å². The first kappa shape index (κ1) is 12.1. The summed E-state index contributed by atoms with van der Waals surface area (Å²) in [6.07, 6.45) is 1.98. The third-order valence-corrected chi connectivity index (χ3v) is 3.74. The summed E-state index contributed by atoms with van der Waals surface area (Å²) in [5.74, 6) is 0.840. The standard InChI is InChI=1S/C13H15ClFNO2/c14-9-6-10-13(18-5-4-17-10)11(12(9)15)8-2-1-3-16-7-8/h6,8,16H,1-5,7H2. The molecule has 98 valence electrons. The zero-order chi connectivity index (χ0) is 12.5. The highest BCUT2D eigenvalue weighted by atomic mass is 35.5. The van der Waals surface area contributed by atoms with E-state index in [4.69, 9.17) is 21.1 Å². The lowest BCUT2D eigenvalue weighted by atomic mass is 9.90. The van der Waals surface area contributed by atoms with Gasteiger partial charge in [0.25, 0.3) is 0 Å². The van der Waals surface area contributed by atoms with Gasteiger partial charge in [0.05, 0.1) is 5.02 Å². The molecule has 0 spiro atoms. The lowest BCUT2D eigenvalue weighted by molar-refractivity contribution is 0.167. The number of benzene rings is 1. The van der Waals surface area contributed by atoms with Crippen LogP contribution < -0.4 is 14.8 Å². The maximum Gasteiger partial charge on any atom is 0.167 e. The summed E-state index contributed by atoms with van der Waals surface area (Å²) < 4.78 is 25.4. The van der Waals surface area contributed by atoms with Crippen LogP contribution in [0.1, 0.15) is 24.3 Å². The minimum atomic E-state index is -0.366. The number of ether oxygens (including phenoxy) is 2. The molecule has 3 nitrogen and oxygen atoms in total. The van der Waals surface area contributed by atoms with Gasteiger partial charge in [-0.15, -0.1) is 0 Å². The molecule has 3 rings (SSSR count). The number of hydrogen-bond donors (Lipinski definition) is 1. The first-order valence-corrected chi connectivity index (χ1v) is 6.63. The molecule has 0 amide bonds. The van der Waals surface area contributed by atoms with Crippen molar-refractivity contribution in [2.45, 2.75) is 18.8 Å². The second-order valence-corrected chi connectivity index (χ2v) is 5.06. The van der Waals surface area contributed by atoms with E-state index < -0.39 is 0 Å². The van der Waals surface area contributed by atoms with Crippen molar-refractivity contribution in [1.82, 2.24) is 5.32 Å². The summed E-state index contributed by atoms with van der Waals surface area (Å²) in [5.41, 5.74) is 0.574. The summed E-state index contributed by atoms with van der Waals surface area (Å²) >= 11 is 5.94. The molecule has 1 N–H and O–H groups in total. The van der Waals surface area contributed by atoms with E-state index in [-0.39, 0.29) is 16.8 Å². The molecule has 0 aromatic heterocycles. The third-order valence-electron chi connectivity index (χ3n) is 3.46. The minimum Gasteiger partial charge on any atom is -0.486 e. The van der Waals surface area contributed by atoms with E-state index in [1.807, 2.05) is 0 Å². The zero-order valence-corrected chi connectivity index (χ0v) is 10.7. The molecule has 1 atom stereocenters. The van der Waals surface area contributed by atoms with Gasteiger partial charge in [0.15, 0.2) is 11.5 Å². The number of halogens is 2. The Morgan fingerprint density at radius 1 is 1.33 bits per heavy atom. The van der Waals surface area contributed by atoms with Gasteiger partial charge >= 0.3 is 0 Å². The predicted molar refractivity (Wildman–Crippen MR) is 67.2 cm³/mol. The highest BCUT2D eigenvalue weighted by Crippen LogP contribution is 2.44. The van der Waals surface area contributed by atoms with Crippen molar-refractivity contribution in [2.75, 3.05) is 26.3 Å². The highest BCUT2D eigenvalue weighted by molar-refractivity contribution is 6.31. The summed E-state index contributed by atoms with van der Waals surface area (Å²) in [5, 5.41) is 3.39. The second kappa shape index (κ2) is 4.94. The van der Waals surface area contributed by atoms with Gasteiger partial charge in [-0.1, -0.05) is 11.6 Å². The monoisotopic (exact) mass is 271 g/mol. The van der Waals surface area contributed by atoms with Crippen LogP contribution in [0, 0.1) is 5.82 Å². The fourth-order valence-electron chi connectivity index (χ4n) is 2.62. The van der Waals surface area contributed by atoms with Crippen molar-refractivity contribution in [2.24, 2.45) is 0 Å². The molecule has 1 aromatic rings. The molecule has 0 radical (unpaired) electrons. The lowest BCUT2D eigenvalue weighted by Crippen LogP contribution is -2.30. The normalized spacial score (nSPS) is 22.9. The quantitative estimate of drug-likeness (QED) is 0.852. The van der Waals surface area contributed by atoms with Crippen LogP contribution in [-0.4, -0.2) is 26.3 Å². The average Bonchev–Trinajstić information content (AvgIpc) is 2.41. The fraction of sp³-hybridized carbons (Fsp3) is 0.538. The average molecular weight is 272 g/mol. The van der Waals surface area contributed by atoms with E-state index in [2.05, 4.69) is 5.32 Å². The van der Waals surface area contributed by atoms with E-state index in [0.29, 0.717) is 30.3 Å². The molecular weight excluding hydrogens is 257 g/mol. The smallest absolute Gasteiger partial charge is 0.167 e. The Morgan fingerprint density at radius 2 is 2.17 bits per heavy atom. The van der Waals surface area contributed by atoms with Crippen LogP contribution in [0.15, 0.2) is 6.07 Å². The fourth-order valence-corrected chi connectivity index (χ4v) is 2.82. The molecule has 18 heavy (non-hydrogen) atoms. The van der Waals surface area contributed by atoms with Gasteiger partial charge in [-0.3, -0.25) is 0 Å². The van der Waals surface area contributed by atoms with E-state index in [0.717, 1.165) is 25.9 Å². The molecule has 2 heterocycles. The summed E-state index contributed by atoms with van der Waals surface area (Å²) in [4.78, 5) is 0. The molecule has 2 aliphatic rings. The van der Waals surface area contributed by atoms with Crippen molar-refractivity contribution in [3.05, 3.63) is 22.5 Å². The van der Waals surface area contributed by atoms with Crippen LogP contribution in [0.4, 0.5) is 4.39 Å². The predicted octanol–water partition coefficient (Wildman–Crippen LogP) is 2.72. The van der Waals surface area contributed by atoms with E-state index in [1.54, 1.807) is 0 Å². The van der Waals surface area contributed by atoms with Crippen molar-refractivity contribution >= 4 is 11.6 Å². The Morgan fingerprint density at radius 3 is 2.94 bits per heavy atom. The molecule has 0 saturated carbocycles. The maximum absolute atomic E-state index is 14.3. The SMILES string of the molecule is Fc1c(Cl)cc2c(c1C1CCCNC1)OCCO2. The van der Waals surface area contributed by atoms with Crippen molar-refractivity contribution in [3.8, 4) is 11.5 Å². The van der Waals surface area contributed by atoms with Crippen LogP contribution in [0.25, 0.3) is 0 Å². The van der Waals surface area contributed by atoms with Gasteiger partial charge in [0, 0.05) is 24.1 Å². The number of nitrogens with one attached hydrogen (secondary N) is 1. The van der Waals surface area contributed by atoms with Gasteiger partial charge < -0.3 is 14.8 Å². The van der Waals surface area contributed by atoms with Gasteiger partial charge in [0.1, 0.15) is 19.0 Å². The maximum atomic E-state index is 14.3. The Balaban J connectivity index is 2.07. The topological polar surface area (TPSA) is 30.5 Å². The number of fused-ring (bicyclic) bond motifs is 1. The van der Waals surface area contributed by atoms with Gasteiger partial charge in [-0.05, 0) is 19.4 Å². The minimum absolute atomic E-state index is 0.105. The van der Waals surface area contributed by atoms with E-state index in [9.17, 15) is 4.39 Å². The summed E-state index contributed by atoms with van der Waals surface area (Å²) in [6, 6.07) is 1.51. The first-order chi connectivity index (χ1) is 8.77. The summed E-state index contributed by atoms with van der Waals surface area (Å²) in [6.45, 7) is 2.68. The van der Waals surface area contributed by atoms with Gasteiger partial charge in [0.2, 0.25) is 0 Å². The molecule has 1 fully saturated rings. The molecule has 5 heteroatoms. The molecule has 1 saturated heterocycles. The van der Waals surface area contributed by atoms with Crippen molar-refractivity contribution < 1.29 is 13.9 Å². The molecule has 1 unspecified atom stereocenters. The van der Waals surface area contributed by atoms with Crippen LogP contribution in [0.2, 0.25) is 5.02 Å². The van der Waals surface area contributed by atoms with Crippen LogP contribution >= 0.6 is 11.6 Å². The molecule has 1 aromatic carbocycles. The van der Waals surface area contributed by atoms with Crippen LogP contribution in [0.5, 0.6) is 11.5 Å². The largest absolute Gasteiger partial charge is 0.486 e. The Bertz CT molecular complexity index is 461. The van der Waals surface area contributed by atoms with Crippen molar-refractivity contribution in [3.63, 3.8) is 0 Å². The Labute approximate surface area is 110 Å². The number of rotatable bonds is 1. The highest BCUT2D eigenvalue weighted by Gasteiger charge is 2.29. The molecule has 0 aliphatic carbocycles. The molecular formula is C13H15ClFNO2. The van der Waals surface area contributed by atoms with Crippen LogP contribution in [0.3, 0.4) is 0 Å². The van der Waals surface area contributed by atoms with E-state index >= 15 is 0 Å². The molecule has 0 bridgehead atoms. The summed E-state index contributed by atoms with van der Waals surface area (Å²) in [7, 11) is 0. The first-order valence-electron chi connectivity index (χ1n) is 6.25. The molecule has 2 aliphatic heterocycles. The van der Waals surface area contributed by atoms with Gasteiger partial charge in [-0.25, -0.2) is 4.39 Å². The zero-order valence-electron chi connectivity index (χ0n) is 9.97. The van der Waals surface area contributed by atoms with Crippen LogP contribution in [-0.2, 0) is 0 Å². The third kappa shape index (κ3) is 2.04. The Kier molecular flexibility index (Phi) is 3.31. The lowest BCUT2D eigenvalue weighted by Gasteiger charge is -2.28. The Hall–Kier alpha value is -1.00. The van der Waals surface area contributed by atoms with E-state index in [1.165, 1.54) is 6.07 Å². The van der Waals surface area contributed by atoms with Gasteiger partial charge in [-0.2, -0.15) is 0 Å². The second-order valence-electron chi connectivity index (χ2n) is 4.65. The number of piperidine rings is 1. The number of hydrogen-bond acceptors (Lipinski definition) is 3.